The molecule has 0 radical (unpaired) electrons. The summed E-state index contributed by atoms with van der Waals surface area (Å²) in [5, 5.41) is 0.363. The Balaban J connectivity index is 1.69. The first-order chi connectivity index (χ1) is 10.6. The molecule has 0 bridgehead atoms. The summed E-state index contributed by atoms with van der Waals surface area (Å²) in [5.41, 5.74) is 0.921. The molecule has 1 aliphatic heterocycles. The summed E-state index contributed by atoms with van der Waals surface area (Å²) in [4.78, 5) is 22.2. The summed E-state index contributed by atoms with van der Waals surface area (Å²) in [6.45, 7) is 0. The van der Waals surface area contributed by atoms with Crippen LogP contribution in [0, 0.1) is 5.82 Å². The van der Waals surface area contributed by atoms with Crippen LogP contribution in [-0.2, 0) is 11.2 Å². The van der Waals surface area contributed by atoms with E-state index >= 15 is 0 Å². The highest BCUT2D eigenvalue weighted by Gasteiger charge is 2.31. The lowest BCUT2D eigenvalue weighted by molar-refractivity contribution is -0.117. The number of amides is 1. The van der Waals surface area contributed by atoms with Crippen LogP contribution in [0.4, 0.5) is 10.2 Å². The number of aromatic nitrogens is 1. The highest BCUT2D eigenvalue weighted by atomic mass is 32.2. The highest BCUT2D eigenvalue weighted by molar-refractivity contribution is 8.15. The zero-order chi connectivity index (χ0) is 15.5. The number of rotatable bonds is 3. The average Bonchev–Trinajstić information content (AvgIpc) is 2.91. The third-order valence-electron chi connectivity index (χ3n) is 3.34. The molecule has 4 nitrogen and oxygen atoms in total. The van der Waals surface area contributed by atoms with E-state index in [4.69, 9.17) is 0 Å². The van der Waals surface area contributed by atoms with E-state index in [0.29, 0.717) is 11.6 Å². The molecule has 3 rings (SSSR count). The second-order valence-electron chi connectivity index (χ2n) is 4.92. The van der Waals surface area contributed by atoms with Gasteiger partial charge in [0.15, 0.2) is 5.17 Å². The van der Waals surface area contributed by atoms with Gasteiger partial charge in [-0.15, -0.1) is 0 Å². The molecular weight excluding hydrogens is 301 g/mol. The lowest BCUT2D eigenvalue weighted by atomic mass is 10.1. The number of halogens is 1. The number of nitrogens with zero attached hydrogens (tertiary/aromatic N) is 3. The number of hydrogen-bond donors (Lipinski definition) is 0. The molecule has 1 unspecified atom stereocenters. The van der Waals surface area contributed by atoms with E-state index in [2.05, 4.69) is 9.98 Å². The third-order valence-corrected chi connectivity index (χ3v) is 4.57. The Bertz CT molecular complexity index is 703. The molecule has 0 N–H and O–H groups in total. The first-order valence-corrected chi connectivity index (χ1v) is 7.70. The first-order valence-electron chi connectivity index (χ1n) is 6.82. The molecule has 0 spiro atoms. The van der Waals surface area contributed by atoms with E-state index in [1.807, 2.05) is 25.2 Å². The third kappa shape index (κ3) is 3.17. The number of thioether (sulfide) groups is 1. The molecule has 2 aromatic rings. The van der Waals surface area contributed by atoms with Gasteiger partial charge in [-0.1, -0.05) is 30.0 Å². The Labute approximate surface area is 132 Å². The van der Waals surface area contributed by atoms with Crippen molar-refractivity contribution in [2.75, 3.05) is 11.9 Å². The Morgan fingerprint density at radius 3 is 2.68 bits per heavy atom. The Hall–Kier alpha value is -2.21. The fourth-order valence-corrected chi connectivity index (χ4v) is 3.22. The van der Waals surface area contributed by atoms with Crippen LogP contribution in [0.15, 0.2) is 53.7 Å². The molecule has 1 amide bonds. The zero-order valence-corrected chi connectivity index (χ0v) is 12.8. The molecule has 0 saturated heterocycles. The molecule has 1 aliphatic rings. The Morgan fingerprint density at radius 2 is 2.00 bits per heavy atom. The average molecular weight is 315 g/mol. The number of carbonyl (C=O) groups excluding carboxylic acids is 1. The molecule has 1 aromatic heterocycles. The predicted molar refractivity (Wildman–Crippen MR) is 86.6 cm³/mol. The lowest BCUT2D eigenvalue weighted by Gasteiger charge is -2.17. The van der Waals surface area contributed by atoms with Gasteiger partial charge in [-0.05, 0) is 36.2 Å². The van der Waals surface area contributed by atoms with Crippen molar-refractivity contribution in [3.05, 3.63) is 60.0 Å². The van der Waals surface area contributed by atoms with Crippen LogP contribution in [0.1, 0.15) is 5.56 Å². The SMILES string of the molecule is CN(C1=NC(=O)C(Cc2ccc(F)cc2)S1)c1ccccn1. The minimum atomic E-state index is -0.277. The maximum atomic E-state index is 12.9. The van der Waals surface area contributed by atoms with Crippen LogP contribution >= 0.6 is 11.8 Å². The molecular formula is C16H14FN3OS. The van der Waals surface area contributed by atoms with Crippen molar-refractivity contribution >= 4 is 28.7 Å². The number of benzene rings is 1. The molecule has 22 heavy (non-hydrogen) atoms. The van der Waals surface area contributed by atoms with Crippen molar-refractivity contribution in [3.63, 3.8) is 0 Å². The van der Waals surface area contributed by atoms with E-state index < -0.39 is 0 Å². The van der Waals surface area contributed by atoms with Crippen molar-refractivity contribution in [2.45, 2.75) is 11.7 Å². The van der Waals surface area contributed by atoms with Crippen molar-refractivity contribution in [2.24, 2.45) is 4.99 Å². The second kappa shape index (κ2) is 6.27. The van der Waals surface area contributed by atoms with Crippen molar-refractivity contribution in [1.29, 1.82) is 0 Å². The Morgan fingerprint density at radius 1 is 1.23 bits per heavy atom. The molecule has 0 saturated carbocycles. The number of amidine groups is 1. The van der Waals surface area contributed by atoms with Crippen LogP contribution in [0.2, 0.25) is 0 Å². The summed E-state index contributed by atoms with van der Waals surface area (Å²) in [5.74, 6) is 0.303. The van der Waals surface area contributed by atoms with E-state index in [1.54, 1.807) is 23.2 Å². The smallest absolute Gasteiger partial charge is 0.262 e. The summed E-state index contributed by atoms with van der Waals surface area (Å²) in [7, 11) is 1.84. The van der Waals surface area contributed by atoms with Gasteiger partial charge in [-0.25, -0.2) is 9.37 Å². The molecule has 1 atom stereocenters. The van der Waals surface area contributed by atoms with Crippen molar-refractivity contribution in [1.82, 2.24) is 4.98 Å². The topological polar surface area (TPSA) is 45.6 Å². The summed E-state index contributed by atoms with van der Waals surface area (Å²) < 4.78 is 12.9. The monoisotopic (exact) mass is 315 g/mol. The minimum absolute atomic E-state index is 0.160. The van der Waals surface area contributed by atoms with Gasteiger partial charge in [-0.3, -0.25) is 4.79 Å². The highest BCUT2D eigenvalue weighted by Crippen LogP contribution is 2.28. The van der Waals surface area contributed by atoms with Crippen LogP contribution in [0.3, 0.4) is 0 Å². The van der Waals surface area contributed by atoms with Gasteiger partial charge >= 0.3 is 0 Å². The molecule has 2 heterocycles. The zero-order valence-electron chi connectivity index (χ0n) is 11.9. The first kappa shape index (κ1) is 14.7. The van der Waals surface area contributed by atoms with Gasteiger partial charge in [0, 0.05) is 13.2 Å². The number of anilines is 1. The predicted octanol–water partition coefficient (Wildman–Crippen LogP) is 2.90. The number of hydrogen-bond acceptors (Lipinski definition) is 4. The van der Waals surface area contributed by atoms with Crippen molar-refractivity contribution < 1.29 is 9.18 Å². The molecule has 112 valence electrons. The number of pyridine rings is 1. The molecule has 6 heteroatoms. The normalized spacial score (nSPS) is 17.5. The van der Waals surface area contributed by atoms with Gasteiger partial charge in [0.2, 0.25) is 0 Å². The summed E-state index contributed by atoms with van der Waals surface area (Å²) in [6, 6.07) is 11.8. The van der Waals surface area contributed by atoms with Crippen LogP contribution in [-0.4, -0.2) is 28.4 Å². The van der Waals surface area contributed by atoms with Gasteiger partial charge in [0.05, 0.1) is 5.25 Å². The van der Waals surface area contributed by atoms with Gasteiger partial charge < -0.3 is 4.90 Å². The maximum absolute atomic E-state index is 12.9. The fraction of sp³-hybridized carbons (Fsp3) is 0.188. The van der Waals surface area contributed by atoms with E-state index in [0.717, 1.165) is 11.4 Å². The Kier molecular flexibility index (Phi) is 4.20. The van der Waals surface area contributed by atoms with Gasteiger partial charge in [-0.2, -0.15) is 4.99 Å². The van der Waals surface area contributed by atoms with Crippen LogP contribution < -0.4 is 4.90 Å². The quantitative estimate of drug-likeness (QED) is 0.874. The molecule has 0 aliphatic carbocycles. The van der Waals surface area contributed by atoms with E-state index in [9.17, 15) is 9.18 Å². The van der Waals surface area contributed by atoms with Gasteiger partial charge in [0.25, 0.3) is 5.91 Å². The van der Waals surface area contributed by atoms with Crippen LogP contribution in [0.5, 0.6) is 0 Å². The van der Waals surface area contributed by atoms with E-state index in [1.165, 1.54) is 23.9 Å². The lowest BCUT2D eigenvalue weighted by Crippen LogP contribution is -2.23. The number of aliphatic imine (C=N–C) groups is 1. The van der Waals surface area contributed by atoms with Gasteiger partial charge in [0.1, 0.15) is 11.6 Å². The summed E-state index contributed by atoms with van der Waals surface area (Å²) >= 11 is 1.41. The van der Waals surface area contributed by atoms with E-state index in [-0.39, 0.29) is 17.0 Å². The largest absolute Gasteiger partial charge is 0.309 e. The fourth-order valence-electron chi connectivity index (χ4n) is 2.14. The van der Waals surface area contributed by atoms with Crippen molar-refractivity contribution in [3.8, 4) is 0 Å². The molecule has 1 aromatic carbocycles. The standard InChI is InChI=1S/C16H14FN3OS/c1-20(14-4-2-3-9-18-14)16-19-15(21)13(22-16)10-11-5-7-12(17)8-6-11/h2-9,13H,10H2,1H3. The second-order valence-corrected chi connectivity index (χ2v) is 6.09. The molecule has 0 fully saturated rings. The number of carbonyl (C=O) groups is 1. The van der Waals surface area contributed by atoms with Crippen LogP contribution in [0.25, 0.3) is 0 Å². The maximum Gasteiger partial charge on any atom is 0.262 e. The minimum Gasteiger partial charge on any atom is -0.309 e. The summed E-state index contributed by atoms with van der Waals surface area (Å²) in [6.07, 6.45) is 2.23.